The van der Waals surface area contributed by atoms with E-state index < -0.39 is 0 Å². The predicted octanol–water partition coefficient (Wildman–Crippen LogP) is 3.16. The van der Waals surface area contributed by atoms with Gasteiger partial charge in [0, 0.05) is 0 Å². The van der Waals surface area contributed by atoms with Crippen LogP contribution in [0.5, 0.6) is 5.75 Å². The molecule has 0 heterocycles. The van der Waals surface area contributed by atoms with E-state index in [-0.39, 0.29) is 0 Å². The van der Waals surface area contributed by atoms with Gasteiger partial charge in [0.15, 0.2) is 0 Å². The minimum atomic E-state index is 0.694. The maximum absolute atomic E-state index is 8.72. The van der Waals surface area contributed by atoms with Gasteiger partial charge < -0.3 is 4.74 Å². The Bertz CT molecular complexity index is 538. The zero-order chi connectivity index (χ0) is 12.1. The molecule has 0 aromatic heterocycles. The largest absolute Gasteiger partial charge is 0.497 e. The Morgan fingerprint density at radius 3 is 2.47 bits per heavy atom. The van der Waals surface area contributed by atoms with Gasteiger partial charge in [-0.3, -0.25) is 0 Å². The number of hydrogen-bond donors (Lipinski definition) is 0. The van der Waals surface area contributed by atoms with E-state index in [1.54, 1.807) is 7.11 Å². The first-order valence-corrected chi connectivity index (χ1v) is 5.44. The van der Waals surface area contributed by atoms with E-state index in [0.29, 0.717) is 5.56 Å². The predicted molar refractivity (Wildman–Crippen MR) is 67.0 cm³/mol. The van der Waals surface area contributed by atoms with E-state index in [0.717, 1.165) is 12.2 Å². The molecule has 2 heteroatoms. The van der Waals surface area contributed by atoms with Crippen molar-refractivity contribution < 1.29 is 4.74 Å². The van der Waals surface area contributed by atoms with Gasteiger partial charge in [0.25, 0.3) is 0 Å². The molecular weight excluding hydrogens is 210 g/mol. The number of benzene rings is 2. The maximum atomic E-state index is 8.72. The molecule has 0 amide bonds. The molecule has 2 nitrogen and oxygen atoms in total. The van der Waals surface area contributed by atoms with Gasteiger partial charge in [-0.05, 0) is 41.8 Å². The zero-order valence-corrected chi connectivity index (χ0v) is 9.68. The molecule has 17 heavy (non-hydrogen) atoms. The Kier molecular flexibility index (Phi) is 3.42. The third-order valence-corrected chi connectivity index (χ3v) is 2.63. The summed E-state index contributed by atoms with van der Waals surface area (Å²) in [6, 6.07) is 17.8. The third kappa shape index (κ3) is 2.85. The first-order valence-electron chi connectivity index (χ1n) is 5.44. The Morgan fingerprint density at radius 1 is 1.06 bits per heavy atom. The summed E-state index contributed by atoms with van der Waals surface area (Å²) in [6.45, 7) is 0. The van der Waals surface area contributed by atoms with Crippen LogP contribution in [-0.4, -0.2) is 7.11 Å². The summed E-state index contributed by atoms with van der Waals surface area (Å²) in [5.74, 6) is 0.871. The number of hydrogen-bond acceptors (Lipinski definition) is 2. The lowest BCUT2D eigenvalue weighted by Crippen LogP contribution is -1.90. The lowest BCUT2D eigenvalue weighted by molar-refractivity contribution is 0.414. The van der Waals surface area contributed by atoms with Crippen LogP contribution in [0.15, 0.2) is 48.5 Å². The smallest absolute Gasteiger partial charge is 0.119 e. The molecule has 2 rings (SSSR count). The standard InChI is InChI=1S/C15H13NO/c1-17-15-4-2-3-14(10-15)9-12-5-7-13(11-16)8-6-12/h2-8,10H,9H2,1H3. The molecular formula is C15H13NO. The van der Waals surface area contributed by atoms with E-state index in [1.807, 2.05) is 42.5 Å². The summed E-state index contributed by atoms with van der Waals surface area (Å²) in [4.78, 5) is 0. The van der Waals surface area contributed by atoms with Crippen molar-refractivity contribution in [1.29, 1.82) is 5.26 Å². The molecule has 0 bridgehead atoms. The van der Waals surface area contributed by atoms with Gasteiger partial charge in [0.05, 0.1) is 18.7 Å². The van der Waals surface area contributed by atoms with Gasteiger partial charge in [-0.2, -0.15) is 5.26 Å². The lowest BCUT2D eigenvalue weighted by Gasteiger charge is -2.04. The fraction of sp³-hybridized carbons (Fsp3) is 0.133. The molecule has 0 N–H and O–H groups in total. The second kappa shape index (κ2) is 5.18. The number of nitrogens with zero attached hydrogens (tertiary/aromatic N) is 1. The normalized spacial score (nSPS) is 9.65. The van der Waals surface area contributed by atoms with E-state index in [4.69, 9.17) is 10.00 Å². The van der Waals surface area contributed by atoms with Gasteiger partial charge in [-0.1, -0.05) is 24.3 Å². The van der Waals surface area contributed by atoms with E-state index in [9.17, 15) is 0 Å². The van der Waals surface area contributed by atoms with Gasteiger partial charge in [-0.25, -0.2) is 0 Å². The molecule has 2 aromatic carbocycles. The average molecular weight is 223 g/mol. The summed E-state index contributed by atoms with van der Waals surface area (Å²) in [7, 11) is 1.67. The highest BCUT2D eigenvalue weighted by Gasteiger charge is 1.98. The molecule has 0 saturated heterocycles. The van der Waals surface area contributed by atoms with Crippen molar-refractivity contribution in [3.8, 4) is 11.8 Å². The van der Waals surface area contributed by atoms with Gasteiger partial charge in [-0.15, -0.1) is 0 Å². The first kappa shape index (κ1) is 11.2. The van der Waals surface area contributed by atoms with Gasteiger partial charge >= 0.3 is 0 Å². The summed E-state index contributed by atoms with van der Waals surface area (Å²) in [5, 5.41) is 8.72. The lowest BCUT2D eigenvalue weighted by atomic mass is 10.0. The Labute approximate surface area is 101 Å². The molecule has 0 atom stereocenters. The molecule has 0 unspecified atom stereocenters. The highest BCUT2D eigenvalue weighted by atomic mass is 16.5. The van der Waals surface area contributed by atoms with Crippen LogP contribution < -0.4 is 4.74 Å². The number of methoxy groups -OCH3 is 1. The van der Waals surface area contributed by atoms with Crippen LogP contribution in [0.1, 0.15) is 16.7 Å². The van der Waals surface area contributed by atoms with Crippen molar-refractivity contribution in [3.05, 3.63) is 65.2 Å². The molecule has 84 valence electrons. The van der Waals surface area contributed by atoms with E-state index in [2.05, 4.69) is 12.1 Å². The first-order chi connectivity index (χ1) is 8.31. The Morgan fingerprint density at radius 2 is 1.82 bits per heavy atom. The van der Waals surface area contributed by atoms with Crippen LogP contribution in [0.2, 0.25) is 0 Å². The van der Waals surface area contributed by atoms with Crippen molar-refractivity contribution in [3.63, 3.8) is 0 Å². The van der Waals surface area contributed by atoms with Crippen LogP contribution >= 0.6 is 0 Å². The van der Waals surface area contributed by atoms with Crippen molar-refractivity contribution in [2.24, 2.45) is 0 Å². The summed E-state index contributed by atoms with van der Waals surface area (Å²) >= 11 is 0. The molecule has 0 aliphatic carbocycles. The molecule has 0 spiro atoms. The monoisotopic (exact) mass is 223 g/mol. The average Bonchev–Trinajstić information content (AvgIpc) is 2.40. The number of nitriles is 1. The Hall–Kier alpha value is -2.27. The molecule has 0 aliphatic rings. The summed E-state index contributed by atoms with van der Waals surface area (Å²) < 4.78 is 5.19. The van der Waals surface area contributed by atoms with E-state index in [1.165, 1.54) is 11.1 Å². The third-order valence-electron chi connectivity index (χ3n) is 2.63. The second-order valence-corrected chi connectivity index (χ2v) is 3.84. The van der Waals surface area contributed by atoms with Crippen LogP contribution in [-0.2, 0) is 6.42 Å². The number of rotatable bonds is 3. The molecule has 0 aliphatic heterocycles. The molecule has 0 fully saturated rings. The van der Waals surface area contributed by atoms with Gasteiger partial charge in [0.1, 0.15) is 5.75 Å². The van der Waals surface area contributed by atoms with Crippen LogP contribution in [0.25, 0.3) is 0 Å². The topological polar surface area (TPSA) is 33.0 Å². The van der Waals surface area contributed by atoms with E-state index >= 15 is 0 Å². The highest BCUT2D eigenvalue weighted by molar-refractivity contribution is 5.36. The van der Waals surface area contributed by atoms with Crippen molar-refractivity contribution in [2.75, 3.05) is 7.11 Å². The minimum absolute atomic E-state index is 0.694. The summed E-state index contributed by atoms with van der Waals surface area (Å²) in [5.41, 5.74) is 3.09. The van der Waals surface area contributed by atoms with Crippen molar-refractivity contribution in [1.82, 2.24) is 0 Å². The molecule has 0 saturated carbocycles. The van der Waals surface area contributed by atoms with Crippen LogP contribution in [0.4, 0.5) is 0 Å². The molecule has 0 radical (unpaired) electrons. The minimum Gasteiger partial charge on any atom is -0.497 e. The maximum Gasteiger partial charge on any atom is 0.119 e. The molecule has 2 aromatic rings. The fourth-order valence-corrected chi connectivity index (χ4v) is 1.72. The Balaban J connectivity index is 2.16. The SMILES string of the molecule is COc1cccc(Cc2ccc(C#N)cc2)c1. The van der Waals surface area contributed by atoms with Crippen molar-refractivity contribution in [2.45, 2.75) is 6.42 Å². The van der Waals surface area contributed by atoms with Crippen molar-refractivity contribution >= 4 is 0 Å². The summed E-state index contributed by atoms with van der Waals surface area (Å²) in [6.07, 6.45) is 0.850. The quantitative estimate of drug-likeness (QED) is 0.800. The fourth-order valence-electron chi connectivity index (χ4n) is 1.72. The number of ether oxygens (including phenoxy) is 1. The zero-order valence-electron chi connectivity index (χ0n) is 9.68. The van der Waals surface area contributed by atoms with Crippen LogP contribution in [0.3, 0.4) is 0 Å². The van der Waals surface area contributed by atoms with Gasteiger partial charge in [0.2, 0.25) is 0 Å². The highest BCUT2D eigenvalue weighted by Crippen LogP contribution is 2.16. The van der Waals surface area contributed by atoms with Crippen LogP contribution in [0, 0.1) is 11.3 Å². The second-order valence-electron chi connectivity index (χ2n) is 3.84.